The number of para-hydroxylation sites is 1. The molecule has 0 bridgehead atoms. The second kappa shape index (κ2) is 5.96. The van der Waals surface area contributed by atoms with Crippen LogP contribution in [0.1, 0.15) is 34.5 Å². The summed E-state index contributed by atoms with van der Waals surface area (Å²) >= 11 is 0. The molecule has 25 heavy (non-hydrogen) atoms. The number of aromatic amines is 1. The summed E-state index contributed by atoms with van der Waals surface area (Å²) in [5, 5.41) is 4.40. The Hall–Kier alpha value is -2.75. The van der Waals surface area contributed by atoms with Gasteiger partial charge in [-0.2, -0.15) is 0 Å². The first-order valence-electron chi connectivity index (χ1n) is 8.63. The van der Waals surface area contributed by atoms with Crippen LogP contribution < -0.4 is 10.1 Å². The van der Waals surface area contributed by atoms with Crippen LogP contribution in [0.4, 0.5) is 0 Å². The van der Waals surface area contributed by atoms with E-state index in [0.29, 0.717) is 12.1 Å². The summed E-state index contributed by atoms with van der Waals surface area (Å²) in [5.41, 5.74) is 4.46. The van der Waals surface area contributed by atoms with E-state index in [9.17, 15) is 4.79 Å². The third-order valence-electron chi connectivity index (χ3n) is 5.22. The van der Waals surface area contributed by atoms with Gasteiger partial charge in [-0.25, -0.2) is 0 Å². The standard InChI is InChI=1S/C21H22N2O2/c1-14-19(17-5-3-4-6-18(17)23-14)21(11-12-21)13-22-20(24)15-7-9-16(25-2)10-8-15/h3-10,23H,11-13H2,1-2H3,(H,22,24). The van der Waals surface area contributed by atoms with Gasteiger partial charge in [-0.05, 0) is 55.7 Å². The molecule has 4 rings (SSSR count). The zero-order valence-corrected chi connectivity index (χ0v) is 14.6. The maximum absolute atomic E-state index is 12.5. The Bertz CT molecular complexity index is 921. The van der Waals surface area contributed by atoms with Gasteiger partial charge in [-0.15, -0.1) is 0 Å². The zero-order valence-electron chi connectivity index (χ0n) is 14.6. The van der Waals surface area contributed by atoms with Crippen molar-refractivity contribution in [1.82, 2.24) is 10.3 Å². The van der Waals surface area contributed by atoms with E-state index < -0.39 is 0 Å². The summed E-state index contributed by atoms with van der Waals surface area (Å²) in [5.74, 6) is 0.719. The van der Waals surface area contributed by atoms with Crippen LogP contribution >= 0.6 is 0 Å². The van der Waals surface area contributed by atoms with Crippen molar-refractivity contribution in [3.8, 4) is 5.75 Å². The monoisotopic (exact) mass is 334 g/mol. The topological polar surface area (TPSA) is 54.1 Å². The molecule has 0 saturated heterocycles. The number of aromatic nitrogens is 1. The van der Waals surface area contributed by atoms with E-state index in [4.69, 9.17) is 4.74 Å². The third-order valence-corrected chi connectivity index (χ3v) is 5.22. The molecule has 2 N–H and O–H groups in total. The fourth-order valence-corrected chi connectivity index (χ4v) is 3.72. The maximum atomic E-state index is 12.5. The number of aryl methyl sites for hydroxylation is 1. The molecule has 0 atom stereocenters. The average Bonchev–Trinajstić information content (AvgIpc) is 3.34. The van der Waals surface area contributed by atoms with Crippen molar-refractivity contribution >= 4 is 16.8 Å². The quantitative estimate of drug-likeness (QED) is 0.742. The Kier molecular flexibility index (Phi) is 3.75. The molecule has 4 heteroatoms. The molecule has 0 aliphatic heterocycles. The van der Waals surface area contributed by atoms with Crippen LogP contribution in [0.5, 0.6) is 5.75 Å². The number of rotatable bonds is 5. The normalized spacial score (nSPS) is 15.1. The number of benzene rings is 2. The summed E-state index contributed by atoms with van der Waals surface area (Å²) in [6, 6.07) is 15.6. The molecule has 3 aromatic rings. The number of H-pyrrole nitrogens is 1. The predicted molar refractivity (Wildman–Crippen MR) is 99.3 cm³/mol. The van der Waals surface area contributed by atoms with Gasteiger partial charge >= 0.3 is 0 Å². The average molecular weight is 334 g/mol. The highest BCUT2D eigenvalue weighted by atomic mass is 16.5. The van der Waals surface area contributed by atoms with Crippen molar-refractivity contribution in [2.45, 2.75) is 25.2 Å². The summed E-state index contributed by atoms with van der Waals surface area (Å²) in [6.07, 6.45) is 2.22. The Morgan fingerprint density at radius 2 is 1.88 bits per heavy atom. The molecule has 1 aromatic heterocycles. The zero-order chi connectivity index (χ0) is 17.4. The predicted octanol–water partition coefficient (Wildman–Crippen LogP) is 3.95. The van der Waals surface area contributed by atoms with E-state index in [-0.39, 0.29) is 11.3 Å². The fourth-order valence-electron chi connectivity index (χ4n) is 3.72. The van der Waals surface area contributed by atoms with Crippen LogP contribution in [0.3, 0.4) is 0 Å². The number of hydrogen-bond acceptors (Lipinski definition) is 2. The number of fused-ring (bicyclic) bond motifs is 1. The van der Waals surface area contributed by atoms with Crippen molar-refractivity contribution in [1.29, 1.82) is 0 Å². The van der Waals surface area contributed by atoms with Crippen LogP contribution in [0.15, 0.2) is 48.5 Å². The molecule has 1 aliphatic rings. The SMILES string of the molecule is COc1ccc(C(=O)NCC2(c3c(C)[nH]c4ccccc34)CC2)cc1. The van der Waals surface area contributed by atoms with Gasteiger partial charge in [0.15, 0.2) is 0 Å². The van der Waals surface area contributed by atoms with Gasteiger partial charge in [0, 0.05) is 34.1 Å². The lowest BCUT2D eigenvalue weighted by Crippen LogP contribution is -2.32. The van der Waals surface area contributed by atoms with Crippen LogP contribution in [-0.2, 0) is 5.41 Å². The van der Waals surface area contributed by atoms with Crippen molar-refractivity contribution in [2.24, 2.45) is 0 Å². The Morgan fingerprint density at radius 1 is 1.16 bits per heavy atom. The van der Waals surface area contributed by atoms with Gasteiger partial charge in [-0.1, -0.05) is 18.2 Å². The molecule has 0 unspecified atom stereocenters. The number of amides is 1. The van der Waals surface area contributed by atoms with E-state index in [2.05, 4.69) is 35.4 Å². The molecule has 1 heterocycles. The highest BCUT2D eigenvalue weighted by Gasteiger charge is 2.46. The Balaban J connectivity index is 1.53. The van der Waals surface area contributed by atoms with Crippen molar-refractivity contribution in [3.63, 3.8) is 0 Å². The minimum absolute atomic E-state index is 0.0357. The molecule has 1 fully saturated rings. The van der Waals surface area contributed by atoms with Crippen molar-refractivity contribution in [3.05, 3.63) is 65.4 Å². The Labute approximate surface area is 147 Å². The largest absolute Gasteiger partial charge is 0.497 e. The second-order valence-corrected chi connectivity index (χ2v) is 6.86. The fraction of sp³-hybridized carbons (Fsp3) is 0.286. The first kappa shape index (κ1) is 15.8. The number of carbonyl (C=O) groups excluding carboxylic acids is 1. The molecular formula is C21H22N2O2. The number of hydrogen-bond donors (Lipinski definition) is 2. The number of nitrogens with one attached hydrogen (secondary N) is 2. The first-order valence-corrected chi connectivity index (χ1v) is 8.63. The summed E-state index contributed by atoms with van der Waals surface area (Å²) in [6.45, 7) is 2.79. The minimum Gasteiger partial charge on any atom is -0.497 e. The molecule has 0 spiro atoms. The van der Waals surface area contributed by atoms with Gasteiger partial charge in [0.2, 0.25) is 0 Å². The van der Waals surface area contributed by atoms with Gasteiger partial charge in [0.25, 0.3) is 5.91 Å². The van der Waals surface area contributed by atoms with Gasteiger partial charge < -0.3 is 15.0 Å². The van der Waals surface area contributed by atoms with E-state index >= 15 is 0 Å². The summed E-state index contributed by atoms with van der Waals surface area (Å²) in [7, 11) is 1.62. The van der Waals surface area contributed by atoms with Gasteiger partial charge in [0.1, 0.15) is 5.75 Å². The Morgan fingerprint density at radius 3 is 2.56 bits per heavy atom. The lowest BCUT2D eigenvalue weighted by Gasteiger charge is -2.17. The molecule has 1 amide bonds. The molecule has 128 valence electrons. The number of methoxy groups -OCH3 is 1. The van der Waals surface area contributed by atoms with Gasteiger partial charge in [-0.3, -0.25) is 4.79 Å². The maximum Gasteiger partial charge on any atom is 0.251 e. The summed E-state index contributed by atoms with van der Waals surface area (Å²) < 4.78 is 5.14. The van der Waals surface area contributed by atoms with Crippen LogP contribution in [-0.4, -0.2) is 24.5 Å². The van der Waals surface area contributed by atoms with Crippen LogP contribution in [0, 0.1) is 6.92 Å². The van der Waals surface area contributed by atoms with Gasteiger partial charge in [0.05, 0.1) is 7.11 Å². The lowest BCUT2D eigenvalue weighted by molar-refractivity contribution is 0.0949. The second-order valence-electron chi connectivity index (χ2n) is 6.86. The van der Waals surface area contributed by atoms with E-state index in [1.165, 1.54) is 22.2 Å². The smallest absolute Gasteiger partial charge is 0.251 e. The first-order chi connectivity index (χ1) is 12.1. The van der Waals surface area contributed by atoms with E-state index in [1.54, 1.807) is 19.2 Å². The summed E-state index contributed by atoms with van der Waals surface area (Å²) in [4.78, 5) is 16.0. The minimum atomic E-state index is -0.0357. The van der Waals surface area contributed by atoms with Crippen LogP contribution in [0.2, 0.25) is 0 Å². The van der Waals surface area contributed by atoms with E-state index in [1.807, 2.05) is 18.2 Å². The molecule has 1 saturated carbocycles. The number of carbonyl (C=O) groups is 1. The molecule has 0 radical (unpaired) electrons. The molecule has 2 aromatic carbocycles. The number of ether oxygens (including phenoxy) is 1. The van der Waals surface area contributed by atoms with Crippen LogP contribution in [0.25, 0.3) is 10.9 Å². The third kappa shape index (κ3) is 2.78. The van der Waals surface area contributed by atoms with Crippen molar-refractivity contribution in [2.75, 3.05) is 13.7 Å². The highest BCUT2D eigenvalue weighted by Crippen LogP contribution is 2.51. The highest BCUT2D eigenvalue weighted by molar-refractivity contribution is 5.94. The lowest BCUT2D eigenvalue weighted by atomic mass is 9.93. The van der Waals surface area contributed by atoms with E-state index in [0.717, 1.165) is 18.6 Å². The molecule has 4 nitrogen and oxygen atoms in total. The molecular weight excluding hydrogens is 312 g/mol. The molecule has 1 aliphatic carbocycles. The van der Waals surface area contributed by atoms with Crippen molar-refractivity contribution < 1.29 is 9.53 Å².